The average Bonchev–Trinajstić information content (AvgIpc) is 3.08. The zero-order valence-corrected chi connectivity index (χ0v) is 20.3. The minimum absolute atomic E-state index is 0.00493. The van der Waals surface area contributed by atoms with Crippen LogP contribution in [0.4, 0.5) is 0 Å². The molecule has 0 spiro atoms. The van der Waals surface area contributed by atoms with Gasteiger partial charge in [-0.2, -0.15) is 0 Å². The number of aliphatic imine (C=N–C) groups is 2. The molecule has 0 N–H and O–H groups in total. The van der Waals surface area contributed by atoms with Gasteiger partial charge in [0.1, 0.15) is 0 Å². The van der Waals surface area contributed by atoms with Crippen LogP contribution in [0.25, 0.3) is 11.1 Å². The minimum Gasteiger partial charge on any atom is -0.261 e. The normalized spacial score (nSPS) is 14.3. The van der Waals surface area contributed by atoms with Crippen molar-refractivity contribution in [2.75, 3.05) is 0 Å². The molecule has 4 aromatic carbocycles. The molecule has 1 aliphatic carbocycles. The van der Waals surface area contributed by atoms with Crippen LogP contribution in [0.1, 0.15) is 52.8 Å². The molecule has 0 aliphatic heterocycles. The van der Waals surface area contributed by atoms with Gasteiger partial charge in [-0.15, -0.1) is 0 Å². The van der Waals surface area contributed by atoms with Crippen molar-refractivity contribution in [2.45, 2.75) is 39.7 Å². The summed E-state index contributed by atoms with van der Waals surface area (Å²) in [4.78, 5) is 9.76. The molecule has 2 heteroatoms. The van der Waals surface area contributed by atoms with Gasteiger partial charge in [-0.25, -0.2) is 4.99 Å². The average molecular weight is 443 g/mol. The summed E-state index contributed by atoms with van der Waals surface area (Å²) in [7, 11) is 0. The summed E-state index contributed by atoms with van der Waals surface area (Å²) in [6.45, 7) is 9.41. The van der Waals surface area contributed by atoms with E-state index in [-0.39, 0.29) is 5.41 Å². The fourth-order valence-corrected chi connectivity index (χ4v) is 4.71. The molecule has 0 saturated heterocycles. The Morgan fingerprint density at radius 2 is 1.38 bits per heavy atom. The second-order valence-corrected chi connectivity index (χ2v) is 9.73. The van der Waals surface area contributed by atoms with E-state index < -0.39 is 0 Å². The van der Waals surface area contributed by atoms with Crippen LogP contribution in [0.3, 0.4) is 0 Å². The first kappa shape index (κ1) is 22.0. The number of nitrogens with zero attached hydrogens (tertiary/aromatic N) is 2. The summed E-state index contributed by atoms with van der Waals surface area (Å²) in [6.07, 6.45) is 1.90. The Labute approximate surface area is 202 Å². The van der Waals surface area contributed by atoms with Crippen LogP contribution >= 0.6 is 0 Å². The third-order valence-corrected chi connectivity index (χ3v) is 6.78. The number of aryl methyl sites for hydroxylation is 2. The van der Waals surface area contributed by atoms with Crippen LogP contribution in [-0.2, 0) is 12.0 Å². The van der Waals surface area contributed by atoms with Gasteiger partial charge in [0.25, 0.3) is 0 Å². The van der Waals surface area contributed by atoms with Crippen LogP contribution in [0.2, 0.25) is 0 Å². The molecule has 0 unspecified atom stereocenters. The summed E-state index contributed by atoms with van der Waals surface area (Å²) in [6, 6.07) is 32.4. The minimum atomic E-state index is -0.00493. The van der Waals surface area contributed by atoms with Crippen molar-refractivity contribution in [1.29, 1.82) is 0 Å². The molecule has 0 heterocycles. The maximum Gasteiger partial charge on any atom is 0.154 e. The van der Waals surface area contributed by atoms with Crippen LogP contribution in [-0.4, -0.2) is 12.1 Å². The Kier molecular flexibility index (Phi) is 5.75. The highest BCUT2D eigenvalue weighted by Gasteiger charge is 2.34. The first-order chi connectivity index (χ1) is 16.4. The van der Waals surface area contributed by atoms with Crippen LogP contribution in [0, 0.1) is 13.8 Å². The summed E-state index contributed by atoms with van der Waals surface area (Å²) in [5.41, 5.74) is 11.2. The second-order valence-electron chi connectivity index (χ2n) is 9.73. The number of hydrogen-bond acceptors (Lipinski definition) is 1. The van der Waals surface area contributed by atoms with Gasteiger partial charge in [0, 0.05) is 17.2 Å². The molecule has 0 bridgehead atoms. The van der Waals surface area contributed by atoms with Gasteiger partial charge in [0.2, 0.25) is 0 Å². The van der Waals surface area contributed by atoms with E-state index in [0.717, 1.165) is 17.0 Å². The van der Waals surface area contributed by atoms with Gasteiger partial charge in [0.05, 0.1) is 6.54 Å². The van der Waals surface area contributed by atoms with Crippen molar-refractivity contribution >= 4 is 12.1 Å². The lowest BCUT2D eigenvalue weighted by molar-refractivity contribution is 0.659. The van der Waals surface area contributed by atoms with E-state index in [1.165, 1.54) is 38.9 Å². The first-order valence-corrected chi connectivity index (χ1v) is 11.9. The molecular formula is C32H30N2. The van der Waals surface area contributed by atoms with E-state index in [0.29, 0.717) is 6.54 Å². The molecule has 0 fully saturated rings. The number of benzene rings is 4. The van der Waals surface area contributed by atoms with E-state index in [4.69, 9.17) is 9.98 Å². The lowest BCUT2D eigenvalue weighted by Crippen LogP contribution is -2.15. The van der Waals surface area contributed by atoms with Crippen molar-refractivity contribution in [2.24, 2.45) is 9.98 Å². The first-order valence-electron chi connectivity index (χ1n) is 11.9. The van der Waals surface area contributed by atoms with Crippen LogP contribution in [0.5, 0.6) is 0 Å². The Bertz CT molecular complexity index is 1390. The van der Waals surface area contributed by atoms with E-state index in [1.54, 1.807) is 0 Å². The number of rotatable bonds is 4. The number of amidine groups is 1. The Morgan fingerprint density at radius 1 is 0.735 bits per heavy atom. The molecule has 0 radical (unpaired) electrons. The van der Waals surface area contributed by atoms with Gasteiger partial charge in [-0.05, 0) is 47.2 Å². The summed E-state index contributed by atoms with van der Waals surface area (Å²) < 4.78 is 0. The van der Waals surface area contributed by atoms with E-state index in [1.807, 2.05) is 6.21 Å². The summed E-state index contributed by atoms with van der Waals surface area (Å²) in [5, 5.41) is 0. The quantitative estimate of drug-likeness (QED) is 0.229. The van der Waals surface area contributed by atoms with Gasteiger partial charge in [0.15, 0.2) is 5.84 Å². The van der Waals surface area contributed by atoms with E-state index >= 15 is 0 Å². The highest BCUT2D eigenvalue weighted by molar-refractivity contribution is 6.05. The van der Waals surface area contributed by atoms with E-state index in [2.05, 4.69) is 119 Å². The number of fused-ring (bicyclic) bond motifs is 3. The molecule has 0 amide bonds. The van der Waals surface area contributed by atoms with Crippen molar-refractivity contribution in [3.63, 3.8) is 0 Å². The van der Waals surface area contributed by atoms with E-state index in [9.17, 15) is 0 Å². The number of hydrogen-bond donors (Lipinski definition) is 0. The lowest BCUT2D eigenvalue weighted by atomic mass is 9.82. The molecule has 1 aliphatic rings. The fourth-order valence-electron chi connectivity index (χ4n) is 4.71. The van der Waals surface area contributed by atoms with Crippen LogP contribution < -0.4 is 0 Å². The van der Waals surface area contributed by atoms with Gasteiger partial charge >= 0.3 is 0 Å². The molecule has 0 atom stereocenters. The second kappa shape index (κ2) is 8.87. The highest BCUT2D eigenvalue weighted by Crippen LogP contribution is 2.48. The van der Waals surface area contributed by atoms with Crippen LogP contribution in [0.15, 0.2) is 101 Å². The van der Waals surface area contributed by atoms with Gasteiger partial charge < -0.3 is 0 Å². The van der Waals surface area contributed by atoms with Crippen molar-refractivity contribution in [1.82, 2.24) is 0 Å². The molecule has 0 aromatic heterocycles. The monoisotopic (exact) mass is 442 g/mol. The van der Waals surface area contributed by atoms with Crippen molar-refractivity contribution in [3.8, 4) is 11.1 Å². The standard InChI is InChI=1S/C32H30N2/c1-22-9-13-24(14-10-22)20-33-31(26-16-11-23(2)12-17-26)34-21-25-15-18-28-27-7-5-6-8-29(27)32(3,4)30(28)19-25/h5-20H,21H2,1-4H3/b33-20+,34-31-. The predicted octanol–water partition coefficient (Wildman–Crippen LogP) is 7.68. The van der Waals surface area contributed by atoms with Crippen molar-refractivity contribution < 1.29 is 0 Å². The third-order valence-electron chi connectivity index (χ3n) is 6.78. The van der Waals surface area contributed by atoms with Gasteiger partial charge in [-0.1, -0.05) is 116 Å². The Hall–Kier alpha value is -3.78. The maximum atomic E-state index is 4.97. The molecular weight excluding hydrogens is 412 g/mol. The SMILES string of the molecule is Cc1ccc(/C=N/C(=N\Cc2ccc3c(c2)C(C)(C)c2ccccc2-3)c2ccc(C)cc2)cc1. The smallest absolute Gasteiger partial charge is 0.154 e. The highest BCUT2D eigenvalue weighted by atomic mass is 14.9. The topological polar surface area (TPSA) is 24.7 Å². The fraction of sp³-hybridized carbons (Fsp3) is 0.188. The Balaban J connectivity index is 1.47. The molecule has 2 nitrogen and oxygen atoms in total. The lowest BCUT2D eigenvalue weighted by Gasteiger charge is -2.21. The maximum absolute atomic E-state index is 4.97. The zero-order chi connectivity index (χ0) is 23.7. The molecule has 168 valence electrons. The molecule has 5 rings (SSSR count). The summed E-state index contributed by atoms with van der Waals surface area (Å²) >= 11 is 0. The van der Waals surface area contributed by atoms with Crippen molar-refractivity contribution in [3.05, 3.63) is 130 Å². The third kappa shape index (κ3) is 4.24. The molecule has 0 saturated carbocycles. The predicted molar refractivity (Wildman–Crippen MR) is 144 cm³/mol. The van der Waals surface area contributed by atoms with Gasteiger partial charge in [-0.3, -0.25) is 4.99 Å². The summed E-state index contributed by atoms with van der Waals surface area (Å²) in [5.74, 6) is 0.753. The Morgan fingerprint density at radius 3 is 2.12 bits per heavy atom. The molecule has 4 aromatic rings. The largest absolute Gasteiger partial charge is 0.261 e. The zero-order valence-electron chi connectivity index (χ0n) is 20.3. The molecule has 34 heavy (non-hydrogen) atoms.